The number of hydrogen-bond acceptors (Lipinski definition) is 5. The molecule has 0 aliphatic carbocycles. The lowest BCUT2D eigenvalue weighted by molar-refractivity contribution is 0.102. The quantitative estimate of drug-likeness (QED) is 0.482. The fraction of sp³-hybridized carbons (Fsp3) is 0.208. The highest BCUT2D eigenvalue weighted by atomic mass is 32.2. The second-order valence-electron chi connectivity index (χ2n) is 7.80. The van der Waals surface area contributed by atoms with Crippen molar-refractivity contribution in [3.05, 3.63) is 83.4 Å². The smallest absolute Gasteiger partial charge is 0.261 e. The molecule has 0 aliphatic heterocycles. The van der Waals surface area contributed by atoms with Crippen molar-refractivity contribution in [1.82, 2.24) is 0 Å². The Kier molecular flexibility index (Phi) is 7.32. The van der Waals surface area contributed by atoms with E-state index in [1.54, 1.807) is 31.2 Å². The zero-order valence-corrected chi connectivity index (χ0v) is 21.0. The van der Waals surface area contributed by atoms with E-state index in [1.807, 2.05) is 19.9 Å². The van der Waals surface area contributed by atoms with E-state index in [9.17, 15) is 21.6 Å². The van der Waals surface area contributed by atoms with Gasteiger partial charge in [0, 0.05) is 24.0 Å². The summed E-state index contributed by atoms with van der Waals surface area (Å²) in [5, 5.41) is 2.70. The molecule has 3 aromatic carbocycles. The number of hydrogen-bond donors (Lipinski definition) is 2. The fourth-order valence-corrected chi connectivity index (χ4v) is 5.00. The van der Waals surface area contributed by atoms with Crippen LogP contribution in [0.3, 0.4) is 0 Å². The number of aryl methyl sites for hydroxylation is 2. The lowest BCUT2D eigenvalue weighted by atomic mass is 10.1. The van der Waals surface area contributed by atoms with E-state index in [-0.39, 0.29) is 10.6 Å². The Hall–Kier alpha value is -3.37. The molecular formula is C24H27N3O5S2. The van der Waals surface area contributed by atoms with Gasteiger partial charge in [0.1, 0.15) is 0 Å². The second-order valence-corrected chi connectivity index (χ2v) is 11.8. The Morgan fingerprint density at radius 3 is 1.97 bits per heavy atom. The number of amides is 1. The standard InChI is InChI=1S/C24H27N3O5S2/c1-5-33(29,30)27(4)22-12-7-19(8-13-22)24(28)25-20-10-14-23(15-11-20)34(31,32)26-21-9-6-17(2)18(3)16-21/h6-16,26H,5H2,1-4H3,(H,25,28). The zero-order valence-electron chi connectivity index (χ0n) is 19.4. The van der Waals surface area contributed by atoms with Gasteiger partial charge in [0.25, 0.3) is 15.9 Å². The number of nitrogens with one attached hydrogen (secondary N) is 2. The number of carbonyl (C=O) groups excluding carboxylic acids is 1. The van der Waals surface area contributed by atoms with Crippen LogP contribution in [-0.4, -0.2) is 35.5 Å². The Bertz CT molecular complexity index is 1400. The molecule has 3 aromatic rings. The third-order valence-electron chi connectivity index (χ3n) is 5.46. The molecule has 0 bridgehead atoms. The van der Waals surface area contributed by atoms with Gasteiger partial charge in [0.2, 0.25) is 10.0 Å². The van der Waals surface area contributed by atoms with Gasteiger partial charge in [0.15, 0.2) is 0 Å². The van der Waals surface area contributed by atoms with Crippen molar-refractivity contribution in [3.63, 3.8) is 0 Å². The lowest BCUT2D eigenvalue weighted by Gasteiger charge is -2.18. The molecule has 0 unspecified atom stereocenters. The molecule has 0 spiro atoms. The Morgan fingerprint density at radius 2 is 1.41 bits per heavy atom. The Morgan fingerprint density at radius 1 is 0.824 bits per heavy atom. The molecule has 34 heavy (non-hydrogen) atoms. The highest BCUT2D eigenvalue weighted by Gasteiger charge is 2.17. The molecule has 0 heterocycles. The number of carbonyl (C=O) groups is 1. The van der Waals surface area contributed by atoms with E-state index >= 15 is 0 Å². The summed E-state index contributed by atoms with van der Waals surface area (Å²) in [6.07, 6.45) is 0. The minimum absolute atomic E-state index is 0.0301. The first-order chi connectivity index (χ1) is 15.9. The van der Waals surface area contributed by atoms with Crippen molar-refractivity contribution < 1.29 is 21.6 Å². The van der Waals surface area contributed by atoms with Crippen molar-refractivity contribution in [1.29, 1.82) is 0 Å². The topological polar surface area (TPSA) is 113 Å². The SMILES string of the molecule is CCS(=O)(=O)N(C)c1ccc(C(=O)Nc2ccc(S(=O)(=O)Nc3ccc(C)c(C)c3)cc2)cc1. The normalized spacial score (nSPS) is 11.6. The van der Waals surface area contributed by atoms with Gasteiger partial charge >= 0.3 is 0 Å². The molecule has 0 fully saturated rings. The molecule has 0 saturated carbocycles. The average molecular weight is 502 g/mol. The van der Waals surface area contributed by atoms with Crippen molar-refractivity contribution in [2.24, 2.45) is 0 Å². The number of nitrogens with zero attached hydrogens (tertiary/aromatic N) is 1. The molecule has 8 nitrogen and oxygen atoms in total. The molecule has 10 heteroatoms. The lowest BCUT2D eigenvalue weighted by Crippen LogP contribution is -2.28. The van der Waals surface area contributed by atoms with Crippen LogP contribution in [0.4, 0.5) is 17.1 Å². The van der Waals surface area contributed by atoms with Crippen LogP contribution in [0, 0.1) is 13.8 Å². The minimum Gasteiger partial charge on any atom is -0.322 e. The predicted molar refractivity (Wildman–Crippen MR) is 135 cm³/mol. The third-order valence-corrected chi connectivity index (χ3v) is 8.63. The molecule has 1 amide bonds. The summed E-state index contributed by atoms with van der Waals surface area (Å²) in [7, 11) is -5.72. The monoisotopic (exact) mass is 501 g/mol. The van der Waals surface area contributed by atoms with Gasteiger partial charge < -0.3 is 5.32 Å². The summed E-state index contributed by atoms with van der Waals surface area (Å²) in [4.78, 5) is 12.6. The number of rotatable bonds is 8. The van der Waals surface area contributed by atoms with E-state index in [0.717, 1.165) is 11.1 Å². The van der Waals surface area contributed by atoms with Crippen LogP contribution >= 0.6 is 0 Å². The third kappa shape index (κ3) is 5.75. The maximum atomic E-state index is 12.7. The zero-order chi connectivity index (χ0) is 25.1. The van der Waals surface area contributed by atoms with Crippen molar-refractivity contribution in [3.8, 4) is 0 Å². The first-order valence-electron chi connectivity index (χ1n) is 10.5. The highest BCUT2D eigenvalue weighted by molar-refractivity contribution is 7.93. The highest BCUT2D eigenvalue weighted by Crippen LogP contribution is 2.22. The summed E-state index contributed by atoms with van der Waals surface area (Å²) < 4.78 is 53.1. The van der Waals surface area contributed by atoms with Gasteiger partial charge in [-0.2, -0.15) is 0 Å². The molecule has 0 aromatic heterocycles. The molecule has 0 saturated heterocycles. The molecule has 0 aliphatic rings. The fourth-order valence-electron chi connectivity index (χ4n) is 3.12. The molecule has 180 valence electrons. The van der Waals surface area contributed by atoms with E-state index in [1.165, 1.54) is 47.8 Å². The molecule has 3 rings (SSSR count). The minimum atomic E-state index is -3.78. The van der Waals surface area contributed by atoms with Gasteiger partial charge in [-0.15, -0.1) is 0 Å². The predicted octanol–water partition coefficient (Wildman–Crippen LogP) is 4.14. The van der Waals surface area contributed by atoms with Crippen molar-refractivity contribution in [2.45, 2.75) is 25.7 Å². The van der Waals surface area contributed by atoms with E-state index in [0.29, 0.717) is 22.6 Å². The van der Waals surface area contributed by atoms with Crippen LogP contribution in [0.25, 0.3) is 0 Å². The largest absolute Gasteiger partial charge is 0.322 e. The molecule has 2 N–H and O–H groups in total. The maximum absolute atomic E-state index is 12.7. The van der Waals surface area contributed by atoms with Crippen LogP contribution in [-0.2, 0) is 20.0 Å². The van der Waals surface area contributed by atoms with Gasteiger partial charge in [-0.3, -0.25) is 13.8 Å². The van der Waals surface area contributed by atoms with Crippen LogP contribution < -0.4 is 14.3 Å². The van der Waals surface area contributed by atoms with E-state index < -0.39 is 26.0 Å². The molecule has 0 atom stereocenters. The Balaban J connectivity index is 1.69. The molecular weight excluding hydrogens is 474 g/mol. The van der Waals surface area contributed by atoms with Crippen LogP contribution in [0.2, 0.25) is 0 Å². The van der Waals surface area contributed by atoms with Gasteiger partial charge in [0.05, 0.1) is 16.3 Å². The summed E-state index contributed by atoms with van der Waals surface area (Å²) in [5.41, 5.74) is 3.72. The summed E-state index contributed by atoms with van der Waals surface area (Å²) in [6.45, 7) is 5.41. The second kappa shape index (κ2) is 9.86. The Labute approximate surface area is 200 Å². The van der Waals surface area contributed by atoms with Crippen LogP contribution in [0.15, 0.2) is 71.6 Å². The van der Waals surface area contributed by atoms with Gasteiger partial charge in [-0.25, -0.2) is 16.8 Å². The van der Waals surface area contributed by atoms with Gasteiger partial charge in [-0.05, 0) is 92.6 Å². The van der Waals surface area contributed by atoms with Crippen molar-refractivity contribution >= 4 is 43.0 Å². The number of sulfonamides is 2. The van der Waals surface area contributed by atoms with Crippen LogP contribution in [0.1, 0.15) is 28.4 Å². The van der Waals surface area contributed by atoms with E-state index in [4.69, 9.17) is 0 Å². The summed E-state index contributed by atoms with van der Waals surface area (Å²) in [6, 6.07) is 17.3. The first kappa shape index (κ1) is 25.3. The average Bonchev–Trinajstić information content (AvgIpc) is 2.81. The van der Waals surface area contributed by atoms with Crippen LogP contribution in [0.5, 0.6) is 0 Å². The van der Waals surface area contributed by atoms with Gasteiger partial charge in [-0.1, -0.05) is 6.07 Å². The summed E-state index contributed by atoms with van der Waals surface area (Å²) in [5.74, 6) is -0.436. The number of anilines is 3. The van der Waals surface area contributed by atoms with Crippen molar-refractivity contribution in [2.75, 3.05) is 27.1 Å². The summed E-state index contributed by atoms with van der Waals surface area (Å²) >= 11 is 0. The van der Waals surface area contributed by atoms with E-state index in [2.05, 4.69) is 10.0 Å². The number of benzene rings is 3. The first-order valence-corrected chi connectivity index (χ1v) is 13.6. The maximum Gasteiger partial charge on any atom is 0.261 e. The molecule has 0 radical (unpaired) electrons.